The van der Waals surface area contributed by atoms with Gasteiger partial charge in [-0.15, -0.1) is 0 Å². The summed E-state index contributed by atoms with van der Waals surface area (Å²) in [6, 6.07) is 10.7. The Morgan fingerprint density at radius 2 is 2.09 bits per heavy atom. The Morgan fingerprint density at radius 1 is 1.22 bits per heavy atom. The highest BCUT2D eigenvalue weighted by Crippen LogP contribution is 2.37. The Hall–Kier alpha value is -1.68. The molecule has 3 heterocycles. The number of aromatic nitrogens is 2. The molecule has 2 aromatic rings. The lowest BCUT2D eigenvalue weighted by Gasteiger charge is -2.33. The predicted molar refractivity (Wildman–Crippen MR) is 95.2 cm³/mol. The molecule has 3 atom stereocenters. The van der Waals surface area contributed by atoms with Crippen molar-refractivity contribution in [2.45, 2.75) is 50.0 Å². The molecule has 1 aromatic carbocycles. The van der Waals surface area contributed by atoms with Crippen LogP contribution in [-0.4, -0.2) is 24.5 Å². The SMILES string of the molecule is Cc1cc(C)n(-c2cccc(C3=CC4CCCC(C3)S4=O)c2)n1. The van der Waals surface area contributed by atoms with Gasteiger partial charge in [0.05, 0.1) is 16.6 Å². The minimum absolute atomic E-state index is 0.259. The van der Waals surface area contributed by atoms with Gasteiger partial charge in [-0.25, -0.2) is 4.68 Å². The lowest BCUT2D eigenvalue weighted by atomic mass is 9.93. The molecule has 0 saturated carbocycles. The molecule has 3 nitrogen and oxygen atoms in total. The minimum Gasteiger partial charge on any atom is -0.259 e. The fourth-order valence-corrected chi connectivity index (χ4v) is 5.77. The van der Waals surface area contributed by atoms with E-state index in [-0.39, 0.29) is 5.25 Å². The van der Waals surface area contributed by atoms with Gasteiger partial charge in [-0.3, -0.25) is 4.21 Å². The van der Waals surface area contributed by atoms with Crippen LogP contribution < -0.4 is 0 Å². The van der Waals surface area contributed by atoms with Crippen LogP contribution in [-0.2, 0) is 10.8 Å². The van der Waals surface area contributed by atoms with Crippen LogP contribution in [0.3, 0.4) is 0 Å². The molecule has 0 spiro atoms. The van der Waals surface area contributed by atoms with Crippen LogP contribution in [0.5, 0.6) is 0 Å². The van der Waals surface area contributed by atoms with Gasteiger partial charge in [0.15, 0.2) is 0 Å². The van der Waals surface area contributed by atoms with Crippen molar-refractivity contribution in [3.05, 3.63) is 53.4 Å². The summed E-state index contributed by atoms with van der Waals surface area (Å²) >= 11 is 0. The molecule has 0 N–H and O–H groups in total. The van der Waals surface area contributed by atoms with Gasteiger partial charge in [-0.1, -0.05) is 24.6 Å². The van der Waals surface area contributed by atoms with E-state index in [9.17, 15) is 4.21 Å². The molecule has 0 aliphatic carbocycles. The topological polar surface area (TPSA) is 34.9 Å². The molecule has 1 fully saturated rings. The van der Waals surface area contributed by atoms with Gasteiger partial charge in [0.1, 0.15) is 0 Å². The smallest absolute Gasteiger partial charge is 0.0654 e. The number of hydrogen-bond donors (Lipinski definition) is 0. The summed E-state index contributed by atoms with van der Waals surface area (Å²) in [6.07, 6.45) is 6.62. The van der Waals surface area contributed by atoms with Crippen LogP contribution in [0.25, 0.3) is 11.3 Å². The van der Waals surface area contributed by atoms with Gasteiger partial charge in [-0.2, -0.15) is 5.10 Å². The average molecular weight is 326 g/mol. The molecule has 2 bridgehead atoms. The number of benzene rings is 1. The van der Waals surface area contributed by atoms with E-state index in [0.29, 0.717) is 5.25 Å². The standard InChI is InChI=1S/C19H22N2OS/c1-13-9-14(2)21(20-13)17-6-3-5-15(10-17)16-11-18-7-4-8-19(12-16)23(18)22/h3,5-6,9-11,18-19H,4,7-8,12H2,1-2H3. The van der Waals surface area contributed by atoms with Crippen molar-refractivity contribution in [3.8, 4) is 5.69 Å². The van der Waals surface area contributed by atoms with Crippen molar-refractivity contribution in [2.24, 2.45) is 0 Å². The second-order valence-corrected chi connectivity index (χ2v) is 8.63. The van der Waals surface area contributed by atoms with E-state index < -0.39 is 10.8 Å². The molecule has 1 aromatic heterocycles. The van der Waals surface area contributed by atoms with Crippen LogP contribution >= 0.6 is 0 Å². The Morgan fingerprint density at radius 3 is 2.83 bits per heavy atom. The number of hydrogen-bond acceptors (Lipinski definition) is 2. The predicted octanol–water partition coefficient (Wildman–Crippen LogP) is 3.95. The maximum absolute atomic E-state index is 12.4. The lowest BCUT2D eigenvalue weighted by Crippen LogP contribution is -2.33. The van der Waals surface area contributed by atoms with Gasteiger partial charge >= 0.3 is 0 Å². The number of allylic oxidation sites excluding steroid dienone is 1. The number of nitrogens with zero attached hydrogens (tertiary/aromatic N) is 2. The average Bonchev–Trinajstić information content (AvgIpc) is 2.86. The molecule has 2 aliphatic rings. The molecule has 3 unspecified atom stereocenters. The van der Waals surface area contributed by atoms with E-state index >= 15 is 0 Å². The number of fused-ring (bicyclic) bond motifs is 2. The molecule has 120 valence electrons. The van der Waals surface area contributed by atoms with Gasteiger partial charge in [-0.05, 0) is 62.4 Å². The van der Waals surface area contributed by atoms with Crippen molar-refractivity contribution in [3.63, 3.8) is 0 Å². The third kappa shape index (κ3) is 2.69. The third-order valence-electron chi connectivity index (χ3n) is 4.95. The van der Waals surface area contributed by atoms with Crippen LogP contribution in [0.2, 0.25) is 0 Å². The van der Waals surface area contributed by atoms with Crippen molar-refractivity contribution in [1.29, 1.82) is 0 Å². The van der Waals surface area contributed by atoms with E-state index in [0.717, 1.165) is 36.3 Å². The first-order valence-corrected chi connectivity index (χ1v) is 9.63. The molecule has 23 heavy (non-hydrogen) atoms. The maximum atomic E-state index is 12.4. The van der Waals surface area contributed by atoms with Gasteiger partial charge in [0, 0.05) is 21.7 Å². The maximum Gasteiger partial charge on any atom is 0.0654 e. The third-order valence-corrected chi connectivity index (χ3v) is 6.98. The zero-order valence-electron chi connectivity index (χ0n) is 13.7. The Labute approximate surface area is 139 Å². The first-order valence-electron chi connectivity index (χ1n) is 8.36. The normalized spacial score (nSPS) is 26.9. The summed E-state index contributed by atoms with van der Waals surface area (Å²) in [6.45, 7) is 4.10. The van der Waals surface area contributed by atoms with E-state index in [1.165, 1.54) is 17.6 Å². The van der Waals surface area contributed by atoms with Crippen LogP contribution in [0, 0.1) is 13.8 Å². The molecule has 4 rings (SSSR count). The zero-order chi connectivity index (χ0) is 16.0. The van der Waals surface area contributed by atoms with Crippen LogP contribution in [0.4, 0.5) is 0 Å². The molecular weight excluding hydrogens is 304 g/mol. The Balaban J connectivity index is 1.72. The van der Waals surface area contributed by atoms with E-state index in [4.69, 9.17) is 0 Å². The summed E-state index contributed by atoms with van der Waals surface area (Å²) in [7, 11) is -0.666. The summed E-state index contributed by atoms with van der Waals surface area (Å²) < 4.78 is 14.4. The Kier molecular flexibility index (Phi) is 3.72. The van der Waals surface area contributed by atoms with E-state index in [1.54, 1.807) is 0 Å². The first-order chi connectivity index (χ1) is 11.1. The number of aryl methyl sites for hydroxylation is 2. The second-order valence-electron chi connectivity index (χ2n) is 6.71. The second kappa shape index (κ2) is 5.75. The van der Waals surface area contributed by atoms with Crippen molar-refractivity contribution >= 4 is 16.4 Å². The van der Waals surface area contributed by atoms with Crippen molar-refractivity contribution < 1.29 is 4.21 Å². The fraction of sp³-hybridized carbons (Fsp3) is 0.421. The quantitative estimate of drug-likeness (QED) is 0.837. The van der Waals surface area contributed by atoms with Gasteiger partial charge in [0.2, 0.25) is 0 Å². The van der Waals surface area contributed by atoms with Gasteiger partial charge < -0.3 is 0 Å². The largest absolute Gasteiger partial charge is 0.259 e. The monoisotopic (exact) mass is 326 g/mol. The first kappa shape index (κ1) is 14.9. The fourth-order valence-electron chi connectivity index (χ4n) is 3.84. The summed E-state index contributed by atoms with van der Waals surface area (Å²) in [5.41, 5.74) is 5.90. The zero-order valence-corrected chi connectivity index (χ0v) is 14.5. The summed E-state index contributed by atoms with van der Waals surface area (Å²) in [5, 5.41) is 5.20. The van der Waals surface area contributed by atoms with E-state index in [1.807, 2.05) is 11.6 Å². The van der Waals surface area contributed by atoms with Crippen molar-refractivity contribution in [1.82, 2.24) is 9.78 Å². The molecule has 4 heteroatoms. The van der Waals surface area contributed by atoms with Crippen LogP contribution in [0.15, 0.2) is 36.4 Å². The highest BCUT2D eigenvalue weighted by atomic mass is 32.2. The number of rotatable bonds is 2. The highest BCUT2D eigenvalue weighted by Gasteiger charge is 2.33. The summed E-state index contributed by atoms with van der Waals surface area (Å²) in [5.74, 6) is 0. The molecule has 0 radical (unpaired) electrons. The van der Waals surface area contributed by atoms with Crippen LogP contribution in [0.1, 0.15) is 42.6 Å². The van der Waals surface area contributed by atoms with Crippen molar-refractivity contribution in [2.75, 3.05) is 0 Å². The highest BCUT2D eigenvalue weighted by molar-refractivity contribution is 7.86. The molecule has 1 saturated heterocycles. The minimum atomic E-state index is -0.666. The molecule has 2 aliphatic heterocycles. The van der Waals surface area contributed by atoms with Gasteiger partial charge in [0.25, 0.3) is 0 Å². The molecular formula is C19H22N2OS. The lowest BCUT2D eigenvalue weighted by molar-refractivity contribution is 0.579. The molecule has 0 amide bonds. The summed E-state index contributed by atoms with van der Waals surface area (Å²) in [4.78, 5) is 0. The van der Waals surface area contributed by atoms with E-state index in [2.05, 4.69) is 48.4 Å². The Bertz CT molecular complexity index is 805.